The first-order valence-corrected chi connectivity index (χ1v) is 6.90. The van der Waals surface area contributed by atoms with E-state index in [0.717, 1.165) is 6.07 Å². The molecule has 2 atom stereocenters. The molecule has 0 aliphatic heterocycles. The van der Waals surface area contributed by atoms with Crippen LogP contribution in [0.3, 0.4) is 0 Å². The van der Waals surface area contributed by atoms with Crippen LogP contribution < -0.4 is 0 Å². The highest BCUT2D eigenvalue weighted by atomic mass is 35.5. The summed E-state index contributed by atoms with van der Waals surface area (Å²) < 4.78 is 0. The second-order valence-electron chi connectivity index (χ2n) is 5.67. The standard InChI is InChI=1S/C15H13ClO5/c1-15(21)5-7-6(4-10(15)16)13(19)11-8(17)2-3-9(18)12(11)14(7)20/h2-3,10,17-18,21H,4-5H2,1H3. The fourth-order valence-electron chi connectivity index (χ4n) is 2.89. The lowest BCUT2D eigenvalue weighted by atomic mass is 9.72. The number of alkyl halides is 1. The Morgan fingerprint density at radius 1 is 1.10 bits per heavy atom. The molecule has 0 heterocycles. The van der Waals surface area contributed by atoms with Gasteiger partial charge in [0, 0.05) is 17.6 Å². The van der Waals surface area contributed by atoms with E-state index in [1.807, 2.05) is 0 Å². The van der Waals surface area contributed by atoms with Crippen molar-refractivity contribution in [3.63, 3.8) is 0 Å². The van der Waals surface area contributed by atoms with Crippen molar-refractivity contribution in [3.05, 3.63) is 34.4 Å². The van der Waals surface area contributed by atoms with E-state index in [1.54, 1.807) is 0 Å². The first-order chi connectivity index (χ1) is 9.74. The van der Waals surface area contributed by atoms with E-state index in [9.17, 15) is 24.9 Å². The van der Waals surface area contributed by atoms with Crippen molar-refractivity contribution in [1.82, 2.24) is 0 Å². The number of benzene rings is 1. The highest BCUT2D eigenvalue weighted by Crippen LogP contribution is 2.45. The van der Waals surface area contributed by atoms with E-state index in [0.29, 0.717) is 0 Å². The van der Waals surface area contributed by atoms with Gasteiger partial charge in [-0.2, -0.15) is 0 Å². The molecular weight excluding hydrogens is 296 g/mol. The number of Topliss-reactive ketones (excluding diaryl/α,β-unsaturated/α-hetero) is 2. The number of phenols is 2. The van der Waals surface area contributed by atoms with Gasteiger partial charge in [0.2, 0.25) is 0 Å². The van der Waals surface area contributed by atoms with Crippen molar-refractivity contribution in [1.29, 1.82) is 0 Å². The predicted octanol–water partition coefficient (Wildman–Crippen LogP) is 1.93. The lowest BCUT2D eigenvalue weighted by Crippen LogP contribution is -2.43. The van der Waals surface area contributed by atoms with Crippen LogP contribution in [0.25, 0.3) is 0 Å². The first-order valence-electron chi connectivity index (χ1n) is 6.47. The highest BCUT2D eigenvalue weighted by molar-refractivity contribution is 6.30. The number of hydrogen-bond acceptors (Lipinski definition) is 5. The summed E-state index contributed by atoms with van der Waals surface area (Å²) in [6.45, 7) is 1.50. The zero-order valence-electron chi connectivity index (χ0n) is 11.2. The Labute approximate surface area is 125 Å². The Kier molecular flexibility index (Phi) is 2.90. The Morgan fingerprint density at radius 3 is 2.10 bits per heavy atom. The number of carbonyl (C=O) groups excluding carboxylic acids is 2. The molecule has 2 unspecified atom stereocenters. The summed E-state index contributed by atoms with van der Waals surface area (Å²) in [4.78, 5) is 25.0. The van der Waals surface area contributed by atoms with E-state index < -0.39 is 22.5 Å². The molecule has 0 saturated heterocycles. The summed E-state index contributed by atoms with van der Waals surface area (Å²) in [7, 11) is 0. The van der Waals surface area contributed by atoms with Gasteiger partial charge in [0.15, 0.2) is 11.6 Å². The largest absolute Gasteiger partial charge is 0.507 e. The average Bonchev–Trinajstić information content (AvgIpc) is 2.40. The van der Waals surface area contributed by atoms with Crippen LogP contribution in [0, 0.1) is 0 Å². The van der Waals surface area contributed by atoms with Crippen molar-refractivity contribution < 1.29 is 24.9 Å². The zero-order chi connectivity index (χ0) is 15.5. The normalized spacial score (nSPS) is 28.4. The number of phenolic OH excluding ortho intramolecular Hbond substituents is 2. The number of ketones is 2. The molecule has 5 nitrogen and oxygen atoms in total. The Bertz CT molecular complexity index is 717. The maximum Gasteiger partial charge on any atom is 0.194 e. The molecule has 0 bridgehead atoms. The third-order valence-electron chi connectivity index (χ3n) is 4.12. The van der Waals surface area contributed by atoms with Gasteiger partial charge in [-0.3, -0.25) is 9.59 Å². The number of fused-ring (bicyclic) bond motifs is 1. The molecular formula is C15H13ClO5. The fourth-order valence-corrected chi connectivity index (χ4v) is 3.12. The molecule has 21 heavy (non-hydrogen) atoms. The quantitative estimate of drug-likeness (QED) is 0.503. The molecule has 2 aliphatic rings. The van der Waals surface area contributed by atoms with Gasteiger partial charge in [-0.25, -0.2) is 0 Å². The SMILES string of the molecule is CC1(O)CC2=C(CC1Cl)C(=O)c1c(O)ccc(O)c1C2=O. The second kappa shape index (κ2) is 4.32. The highest BCUT2D eigenvalue weighted by Gasteiger charge is 2.45. The van der Waals surface area contributed by atoms with Gasteiger partial charge in [0.05, 0.1) is 22.1 Å². The first kappa shape index (κ1) is 14.1. The maximum atomic E-state index is 12.5. The van der Waals surface area contributed by atoms with Crippen LogP contribution in [0.4, 0.5) is 0 Å². The monoisotopic (exact) mass is 308 g/mol. The summed E-state index contributed by atoms with van der Waals surface area (Å²) in [6, 6.07) is 2.33. The number of hydrogen-bond donors (Lipinski definition) is 3. The molecule has 2 aliphatic carbocycles. The molecule has 1 aromatic rings. The molecule has 3 rings (SSSR count). The maximum absolute atomic E-state index is 12.5. The van der Waals surface area contributed by atoms with Crippen molar-refractivity contribution >= 4 is 23.2 Å². The molecule has 1 aromatic carbocycles. The number of allylic oxidation sites excluding steroid dienone is 1. The molecule has 0 fully saturated rings. The smallest absolute Gasteiger partial charge is 0.194 e. The Balaban J connectivity index is 2.24. The predicted molar refractivity (Wildman–Crippen MR) is 75.0 cm³/mol. The molecule has 0 saturated carbocycles. The Morgan fingerprint density at radius 2 is 1.57 bits per heavy atom. The van der Waals surface area contributed by atoms with Crippen LogP contribution in [-0.4, -0.2) is 37.9 Å². The van der Waals surface area contributed by atoms with Gasteiger partial charge in [-0.1, -0.05) is 0 Å². The van der Waals surface area contributed by atoms with E-state index in [2.05, 4.69) is 0 Å². The fraction of sp³-hybridized carbons (Fsp3) is 0.333. The molecule has 0 spiro atoms. The number of halogens is 1. The minimum absolute atomic E-state index is 0.0446. The zero-order valence-corrected chi connectivity index (χ0v) is 11.9. The van der Waals surface area contributed by atoms with Gasteiger partial charge in [-0.15, -0.1) is 11.6 Å². The molecule has 0 radical (unpaired) electrons. The van der Waals surface area contributed by atoms with Gasteiger partial charge in [0.25, 0.3) is 0 Å². The van der Waals surface area contributed by atoms with Gasteiger partial charge >= 0.3 is 0 Å². The van der Waals surface area contributed by atoms with Crippen molar-refractivity contribution in [3.8, 4) is 11.5 Å². The lowest BCUT2D eigenvalue weighted by molar-refractivity contribution is 0.0468. The summed E-state index contributed by atoms with van der Waals surface area (Å²) in [5.41, 5.74) is -1.33. The van der Waals surface area contributed by atoms with E-state index in [-0.39, 0.29) is 46.6 Å². The number of rotatable bonds is 0. The van der Waals surface area contributed by atoms with Gasteiger partial charge < -0.3 is 15.3 Å². The van der Waals surface area contributed by atoms with E-state index in [4.69, 9.17) is 11.6 Å². The topological polar surface area (TPSA) is 94.8 Å². The van der Waals surface area contributed by atoms with E-state index in [1.165, 1.54) is 13.0 Å². The third kappa shape index (κ3) is 1.88. The van der Waals surface area contributed by atoms with E-state index >= 15 is 0 Å². The molecule has 3 N–H and O–H groups in total. The Hall–Kier alpha value is -1.85. The molecule has 0 amide bonds. The van der Waals surface area contributed by atoms with Crippen LogP contribution in [0.1, 0.15) is 40.5 Å². The summed E-state index contributed by atoms with van der Waals surface area (Å²) in [5, 5.41) is 29.2. The third-order valence-corrected chi connectivity index (χ3v) is 4.75. The number of carbonyl (C=O) groups is 2. The average molecular weight is 309 g/mol. The van der Waals surface area contributed by atoms with Crippen LogP contribution in [-0.2, 0) is 0 Å². The summed E-state index contributed by atoms with van der Waals surface area (Å²) in [5.74, 6) is -1.78. The van der Waals surface area contributed by atoms with Crippen molar-refractivity contribution in [2.24, 2.45) is 0 Å². The summed E-state index contributed by atoms with van der Waals surface area (Å²) in [6.07, 6.45) is -0.0153. The number of aliphatic hydroxyl groups is 1. The minimum Gasteiger partial charge on any atom is -0.507 e. The molecule has 110 valence electrons. The van der Waals surface area contributed by atoms with Crippen LogP contribution in [0.15, 0.2) is 23.3 Å². The van der Waals surface area contributed by atoms with Crippen LogP contribution >= 0.6 is 11.6 Å². The van der Waals surface area contributed by atoms with Gasteiger partial charge in [0.1, 0.15) is 11.5 Å². The second-order valence-corrected chi connectivity index (χ2v) is 6.20. The minimum atomic E-state index is -1.31. The van der Waals surface area contributed by atoms with Crippen molar-refractivity contribution in [2.45, 2.75) is 30.7 Å². The van der Waals surface area contributed by atoms with Crippen LogP contribution in [0.5, 0.6) is 11.5 Å². The summed E-state index contributed by atoms with van der Waals surface area (Å²) >= 11 is 6.08. The van der Waals surface area contributed by atoms with Crippen LogP contribution in [0.2, 0.25) is 0 Å². The number of aromatic hydroxyl groups is 2. The molecule has 0 aromatic heterocycles. The van der Waals surface area contributed by atoms with Crippen molar-refractivity contribution in [2.75, 3.05) is 0 Å². The lowest BCUT2D eigenvalue weighted by Gasteiger charge is -2.37. The molecule has 6 heteroatoms. The van der Waals surface area contributed by atoms with Gasteiger partial charge in [-0.05, 0) is 25.5 Å².